The lowest BCUT2D eigenvalue weighted by atomic mass is 10.1. The number of amides is 1. The molecule has 26 heavy (non-hydrogen) atoms. The monoisotopic (exact) mass is 370 g/mol. The average molecular weight is 371 g/mol. The van der Waals surface area contributed by atoms with Crippen molar-refractivity contribution >= 4 is 11.9 Å². The van der Waals surface area contributed by atoms with Crippen LogP contribution in [0.5, 0.6) is 0 Å². The SMILES string of the molecule is CCCCCCCCCCCCCC(=O)NCCC[N+](C)(C)CC(=O)[O-]. The van der Waals surface area contributed by atoms with Crippen molar-refractivity contribution in [3.63, 3.8) is 0 Å². The molecule has 1 N–H and O–H groups in total. The average Bonchev–Trinajstić information content (AvgIpc) is 2.55. The van der Waals surface area contributed by atoms with Crippen LogP contribution in [0.2, 0.25) is 0 Å². The van der Waals surface area contributed by atoms with Crippen molar-refractivity contribution in [2.75, 3.05) is 33.7 Å². The molecule has 0 aromatic rings. The molecule has 0 spiro atoms. The minimum atomic E-state index is -1.03. The number of unbranched alkanes of at least 4 members (excludes halogenated alkanes) is 10. The first-order valence-corrected chi connectivity index (χ1v) is 10.7. The lowest BCUT2D eigenvalue weighted by Crippen LogP contribution is -2.49. The number of carbonyl (C=O) groups excluding carboxylic acids is 2. The number of quaternary nitrogens is 1. The lowest BCUT2D eigenvalue weighted by Gasteiger charge is -2.30. The van der Waals surface area contributed by atoms with E-state index in [-0.39, 0.29) is 12.5 Å². The lowest BCUT2D eigenvalue weighted by molar-refractivity contribution is -0.884. The van der Waals surface area contributed by atoms with Crippen LogP contribution < -0.4 is 10.4 Å². The van der Waals surface area contributed by atoms with Gasteiger partial charge in [0.05, 0.1) is 26.6 Å². The van der Waals surface area contributed by atoms with E-state index in [1.807, 2.05) is 14.1 Å². The van der Waals surface area contributed by atoms with Crippen LogP contribution in [0, 0.1) is 0 Å². The van der Waals surface area contributed by atoms with E-state index in [1.165, 1.54) is 57.8 Å². The van der Waals surface area contributed by atoms with E-state index in [4.69, 9.17) is 0 Å². The Morgan fingerprint density at radius 1 is 0.808 bits per heavy atom. The molecule has 0 unspecified atom stereocenters. The molecule has 0 aliphatic rings. The molecule has 0 aromatic carbocycles. The number of likely N-dealkylation sites (N-methyl/N-ethyl adjacent to an activating group) is 1. The van der Waals surface area contributed by atoms with Crippen LogP contribution in [0.4, 0.5) is 0 Å². The quantitative estimate of drug-likeness (QED) is 0.298. The number of nitrogens with one attached hydrogen (secondary N) is 1. The van der Waals surface area contributed by atoms with Gasteiger partial charge in [-0.15, -0.1) is 0 Å². The van der Waals surface area contributed by atoms with E-state index in [0.29, 0.717) is 24.0 Å². The van der Waals surface area contributed by atoms with Crippen molar-refractivity contribution in [1.29, 1.82) is 0 Å². The third kappa shape index (κ3) is 17.7. The van der Waals surface area contributed by atoms with E-state index in [0.717, 1.165) is 19.3 Å². The Morgan fingerprint density at radius 2 is 1.31 bits per heavy atom. The summed E-state index contributed by atoms with van der Waals surface area (Å²) in [6, 6.07) is 0. The Kier molecular flexibility index (Phi) is 15.4. The highest BCUT2D eigenvalue weighted by Gasteiger charge is 2.14. The van der Waals surface area contributed by atoms with E-state index in [1.54, 1.807) is 0 Å². The summed E-state index contributed by atoms with van der Waals surface area (Å²) in [7, 11) is 3.73. The Balaban J connectivity index is 3.38. The third-order valence-electron chi connectivity index (χ3n) is 4.83. The number of carbonyl (C=O) groups is 2. The second-order valence-corrected chi connectivity index (χ2v) is 8.18. The zero-order valence-corrected chi connectivity index (χ0v) is 17.5. The van der Waals surface area contributed by atoms with Crippen LogP contribution in [-0.4, -0.2) is 50.1 Å². The van der Waals surface area contributed by atoms with Gasteiger partial charge in [-0.05, 0) is 6.42 Å². The number of hydrogen-bond acceptors (Lipinski definition) is 3. The largest absolute Gasteiger partial charge is 0.544 e. The van der Waals surface area contributed by atoms with Crippen LogP contribution in [0.3, 0.4) is 0 Å². The van der Waals surface area contributed by atoms with Crippen LogP contribution in [0.25, 0.3) is 0 Å². The fourth-order valence-corrected chi connectivity index (χ4v) is 3.20. The van der Waals surface area contributed by atoms with Crippen molar-refractivity contribution < 1.29 is 19.2 Å². The Labute approximate surface area is 161 Å². The molecule has 0 atom stereocenters. The summed E-state index contributed by atoms with van der Waals surface area (Å²) in [6.07, 6.45) is 15.5. The normalized spacial score (nSPS) is 11.5. The second-order valence-electron chi connectivity index (χ2n) is 8.18. The van der Waals surface area contributed by atoms with Gasteiger partial charge in [0.1, 0.15) is 6.54 Å². The number of carboxylic acid groups (broad SMARTS) is 1. The van der Waals surface area contributed by atoms with Gasteiger partial charge in [0, 0.05) is 19.4 Å². The molecule has 0 aliphatic heterocycles. The minimum Gasteiger partial charge on any atom is -0.544 e. The standard InChI is InChI=1S/C21H42N2O3/c1-4-5-6-7-8-9-10-11-12-13-14-16-20(24)22-17-15-18-23(2,3)19-21(25)26/h4-19H2,1-3H3,(H-,22,24,25,26). The van der Waals surface area contributed by atoms with Crippen molar-refractivity contribution in [3.05, 3.63) is 0 Å². The van der Waals surface area contributed by atoms with Gasteiger partial charge in [-0.1, -0.05) is 71.1 Å². The van der Waals surface area contributed by atoms with Crippen LogP contribution in [0.15, 0.2) is 0 Å². The Morgan fingerprint density at radius 3 is 1.81 bits per heavy atom. The third-order valence-corrected chi connectivity index (χ3v) is 4.83. The fourth-order valence-electron chi connectivity index (χ4n) is 3.20. The molecular formula is C21H42N2O3. The number of aliphatic carboxylic acids is 1. The first-order valence-electron chi connectivity index (χ1n) is 10.7. The summed E-state index contributed by atoms with van der Waals surface area (Å²) in [5.74, 6) is -0.915. The maximum atomic E-state index is 11.8. The fraction of sp³-hybridized carbons (Fsp3) is 0.905. The number of carboxylic acids is 1. The molecule has 5 heteroatoms. The summed E-state index contributed by atoms with van der Waals surface area (Å²) in [4.78, 5) is 22.4. The Bertz CT molecular complexity index is 370. The molecular weight excluding hydrogens is 328 g/mol. The zero-order chi connectivity index (χ0) is 19.7. The molecule has 0 rings (SSSR count). The van der Waals surface area contributed by atoms with E-state index >= 15 is 0 Å². The predicted octanol–water partition coefficient (Wildman–Crippen LogP) is 3.02. The van der Waals surface area contributed by atoms with Gasteiger partial charge in [-0.2, -0.15) is 0 Å². The zero-order valence-electron chi connectivity index (χ0n) is 17.5. The molecule has 0 bridgehead atoms. The van der Waals surface area contributed by atoms with Crippen LogP contribution in [-0.2, 0) is 9.59 Å². The maximum absolute atomic E-state index is 11.8. The summed E-state index contributed by atoms with van der Waals surface area (Å²) in [5.41, 5.74) is 0. The molecule has 5 nitrogen and oxygen atoms in total. The van der Waals surface area contributed by atoms with Gasteiger partial charge < -0.3 is 19.7 Å². The summed E-state index contributed by atoms with van der Waals surface area (Å²) in [6.45, 7) is 3.59. The number of hydrogen-bond donors (Lipinski definition) is 1. The summed E-state index contributed by atoms with van der Waals surface area (Å²) < 4.78 is 0.386. The number of nitrogens with zero attached hydrogens (tertiary/aromatic N) is 1. The topological polar surface area (TPSA) is 69.2 Å². The highest BCUT2D eigenvalue weighted by Crippen LogP contribution is 2.11. The molecule has 0 saturated heterocycles. The first-order chi connectivity index (χ1) is 12.4. The molecule has 0 fully saturated rings. The predicted molar refractivity (Wildman–Crippen MR) is 106 cm³/mol. The molecule has 0 aromatic heterocycles. The molecule has 0 aliphatic carbocycles. The minimum absolute atomic E-state index is 0.00663. The summed E-state index contributed by atoms with van der Waals surface area (Å²) >= 11 is 0. The van der Waals surface area contributed by atoms with Crippen molar-refractivity contribution in [3.8, 4) is 0 Å². The second kappa shape index (κ2) is 16.1. The first kappa shape index (κ1) is 24.9. The van der Waals surface area contributed by atoms with Gasteiger partial charge >= 0.3 is 0 Å². The molecule has 154 valence electrons. The maximum Gasteiger partial charge on any atom is 0.219 e. The molecule has 1 amide bonds. The molecule has 0 heterocycles. The highest BCUT2D eigenvalue weighted by atomic mass is 16.4. The number of rotatable bonds is 18. The smallest absolute Gasteiger partial charge is 0.219 e. The van der Waals surface area contributed by atoms with Crippen molar-refractivity contribution in [1.82, 2.24) is 5.32 Å². The molecule has 0 saturated carbocycles. The van der Waals surface area contributed by atoms with Gasteiger partial charge in [0.15, 0.2) is 0 Å². The van der Waals surface area contributed by atoms with E-state index in [9.17, 15) is 14.7 Å². The van der Waals surface area contributed by atoms with E-state index in [2.05, 4.69) is 12.2 Å². The van der Waals surface area contributed by atoms with Gasteiger partial charge in [-0.25, -0.2) is 0 Å². The van der Waals surface area contributed by atoms with E-state index < -0.39 is 5.97 Å². The van der Waals surface area contributed by atoms with Crippen molar-refractivity contribution in [2.45, 2.75) is 90.4 Å². The van der Waals surface area contributed by atoms with Crippen LogP contribution >= 0.6 is 0 Å². The van der Waals surface area contributed by atoms with Gasteiger partial charge in [0.2, 0.25) is 5.91 Å². The highest BCUT2D eigenvalue weighted by molar-refractivity contribution is 5.75. The molecule has 0 radical (unpaired) electrons. The van der Waals surface area contributed by atoms with Crippen LogP contribution in [0.1, 0.15) is 90.4 Å². The van der Waals surface area contributed by atoms with Crippen molar-refractivity contribution in [2.24, 2.45) is 0 Å². The van der Waals surface area contributed by atoms with Gasteiger partial charge in [0.25, 0.3) is 0 Å². The summed E-state index contributed by atoms with van der Waals surface area (Å²) in [5, 5.41) is 13.6. The Hall–Kier alpha value is -1.10. The van der Waals surface area contributed by atoms with Gasteiger partial charge in [-0.3, -0.25) is 4.79 Å².